The van der Waals surface area contributed by atoms with E-state index in [1.54, 1.807) is 0 Å². The summed E-state index contributed by atoms with van der Waals surface area (Å²) in [4.78, 5) is 15.0. The highest BCUT2D eigenvalue weighted by molar-refractivity contribution is 9.10. The minimum Gasteiger partial charge on any atom is -0.377 e. The van der Waals surface area contributed by atoms with Crippen molar-refractivity contribution in [3.05, 3.63) is 20.8 Å². The van der Waals surface area contributed by atoms with Crippen LogP contribution in [0.2, 0.25) is 0 Å². The van der Waals surface area contributed by atoms with Gasteiger partial charge in [0.2, 0.25) is 0 Å². The van der Waals surface area contributed by atoms with Crippen LogP contribution in [0.5, 0.6) is 0 Å². The van der Waals surface area contributed by atoms with Gasteiger partial charge in [0.05, 0.1) is 23.6 Å². The number of ether oxygens (including phenoxy) is 1. The zero-order valence-electron chi connectivity index (χ0n) is 9.33. The first kappa shape index (κ1) is 12.1. The number of hydrogen-bond donors (Lipinski definition) is 0. The molecule has 0 unspecified atom stereocenters. The Kier molecular flexibility index (Phi) is 3.37. The molecule has 0 saturated carbocycles. The Labute approximate surface area is 108 Å². The van der Waals surface area contributed by atoms with E-state index in [4.69, 9.17) is 4.74 Å². The molecule has 2 rings (SSSR count). The monoisotopic (exact) mass is 303 g/mol. The smallest absolute Gasteiger partial charge is 0.264 e. The van der Waals surface area contributed by atoms with Gasteiger partial charge in [-0.05, 0) is 35.8 Å². The Bertz CT molecular complexity index is 402. The maximum absolute atomic E-state index is 12.3. The van der Waals surface area contributed by atoms with Crippen LogP contribution in [0.4, 0.5) is 0 Å². The van der Waals surface area contributed by atoms with Gasteiger partial charge in [-0.25, -0.2) is 0 Å². The zero-order valence-corrected chi connectivity index (χ0v) is 11.7. The molecule has 1 saturated heterocycles. The Balaban J connectivity index is 2.20. The van der Waals surface area contributed by atoms with Crippen LogP contribution in [-0.4, -0.2) is 36.1 Å². The molecule has 1 aliphatic heterocycles. The number of carbonyl (C=O) groups is 1. The van der Waals surface area contributed by atoms with E-state index in [-0.39, 0.29) is 11.4 Å². The number of hydrogen-bond acceptors (Lipinski definition) is 3. The summed E-state index contributed by atoms with van der Waals surface area (Å²) in [6.45, 7) is 5.97. The normalized spacial score (nSPS) is 19.8. The predicted molar refractivity (Wildman–Crippen MR) is 68.0 cm³/mol. The van der Waals surface area contributed by atoms with Crippen LogP contribution < -0.4 is 0 Å². The molecule has 0 aromatic carbocycles. The summed E-state index contributed by atoms with van der Waals surface area (Å²) >= 11 is 4.84. The average molecular weight is 304 g/mol. The molecular formula is C11H14BrNO2S. The fourth-order valence-electron chi connectivity index (χ4n) is 1.79. The topological polar surface area (TPSA) is 29.5 Å². The second-order valence-electron chi connectivity index (χ2n) is 4.45. The van der Waals surface area contributed by atoms with Crippen LogP contribution in [0.3, 0.4) is 0 Å². The lowest BCUT2D eigenvalue weighted by atomic mass is 10.0. The van der Waals surface area contributed by atoms with Crippen molar-refractivity contribution >= 4 is 33.2 Å². The summed E-state index contributed by atoms with van der Waals surface area (Å²) in [7, 11) is 0. The van der Waals surface area contributed by atoms with E-state index in [0.29, 0.717) is 19.8 Å². The lowest BCUT2D eigenvalue weighted by Gasteiger charge is -2.41. The molecule has 2 heterocycles. The molecule has 1 aliphatic rings. The molecule has 0 atom stereocenters. The van der Waals surface area contributed by atoms with Crippen LogP contribution in [0, 0.1) is 0 Å². The lowest BCUT2D eigenvalue weighted by Crippen LogP contribution is -2.55. The van der Waals surface area contributed by atoms with E-state index in [1.165, 1.54) is 11.3 Å². The fraction of sp³-hybridized carbons (Fsp3) is 0.545. The molecule has 1 aromatic heterocycles. The molecule has 1 amide bonds. The third-order valence-corrected chi connectivity index (χ3v) is 4.35. The van der Waals surface area contributed by atoms with E-state index in [9.17, 15) is 4.79 Å². The van der Waals surface area contributed by atoms with Crippen LogP contribution in [-0.2, 0) is 4.74 Å². The van der Waals surface area contributed by atoms with Gasteiger partial charge in [0.25, 0.3) is 5.91 Å². The van der Waals surface area contributed by atoms with Gasteiger partial charge in [-0.15, -0.1) is 11.3 Å². The molecule has 0 N–H and O–H groups in total. The number of carbonyl (C=O) groups excluding carboxylic acids is 1. The van der Waals surface area contributed by atoms with Gasteiger partial charge in [-0.1, -0.05) is 0 Å². The Morgan fingerprint density at radius 3 is 2.94 bits per heavy atom. The van der Waals surface area contributed by atoms with E-state index in [1.807, 2.05) is 30.2 Å². The summed E-state index contributed by atoms with van der Waals surface area (Å²) in [6, 6.07) is 1.87. The van der Waals surface area contributed by atoms with Crippen LogP contribution in [0.15, 0.2) is 15.9 Å². The second-order valence-corrected chi connectivity index (χ2v) is 6.28. The summed E-state index contributed by atoms with van der Waals surface area (Å²) < 4.78 is 6.37. The molecule has 1 aromatic rings. The number of thiophene rings is 1. The van der Waals surface area contributed by atoms with E-state index < -0.39 is 0 Å². The molecule has 1 fully saturated rings. The number of halogens is 1. The van der Waals surface area contributed by atoms with Crippen molar-refractivity contribution < 1.29 is 9.53 Å². The van der Waals surface area contributed by atoms with Crippen molar-refractivity contribution in [2.75, 3.05) is 19.8 Å². The number of rotatable bonds is 1. The van der Waals surface area contributed by atoms with Crippen molar-refractivity contribution in [2.45, 2.75) is 19.4 Å². The van der Waals surface area contributed by atoms with Gasteiger partial charge in [0, 0.05) is 16.4 Å². The maximum Gasteiger partial charge on any atom is 0.264 e. The van der Waals surface area contributed by atoms with Crippen molar-refractivity contribution in [2.24, 2.45) is 0 Å². The molecular weight excluding hydrogens is 290 g/mol. The molecule has 88 valence electrons. The first-order chi connectivity index (χ1) is 7.50. The highest BCUT2D eigenvalue weighted by Crippen LogP contribution is 2.26. The first-order valence-electron chi connectivity index (χ1n) is 5.14. The van der Waals surface area contributed by atoms with E-state index in [0.717, 1.165) is 9.35 Å². The van der Waals surface area contributed by atoms with Gasteiger partial charge in [0.15, 0.2) is 0 Å². The highest BCUT2D eigenvalue weighted by Gasteiger charge is 2.34. The fourth-order valence-corrected chi connectivity index (χ4v) is 3.17. The van der Waals surface area contributed by atoms with Crippen LogP contribution in [0.1, 0.15) is 23.5 Å². The summed E-state index contributed by atoms with van der Waals surface area (Å²) in [5, 5.41) is 1.93. The van der Waals surface area contributed by atoms with Gasteiger partial charge < -0.3 is 9.64 Å². The van der Waals surface area contributed by atoms with Gasteiger partial charge in [-0.3, -0.25) is 4.79 Å². The molecule has 0 radical (unpaired) electrons. The van der Waals surface area contributed by atoms with E-state index >= 15 is 0 Å². The molecule has 0 aliphatic carbocycles. The summed E-state index contributed by atoms with van der Waals surface area (Å²) in [6.07, 6.45) is 0. The Hall–Kier alpha value is -0.390. The summed E-state index contributed by atoms with van der Waals surface area (Å²) in [5.74, 6) is 0.101. The Morgan fingerprint density at radius 2 is 2.38 bits per heavy atom. The first-order valence-corrected chi connectivity index (χ1v) is 6.82. The van der Waals surface area contributed by atoms with E-state index in [2.05, 4.69) is 15.9 Å². The number of morpholine rings is 1. The number of amides is 1. The minimum absolute atomic E-state index is 0.101. The van der Waals surface area contributed by atoms with Gasteiger partial charge >= 0.3 is 0 Å². The maximum atomic E-state index is 12.3. The van der Waals surface area contributed by atoms with Crippen molar-refractivity contribution in [1.82, 2.24) is 4.90 Å². The third-order valence-electron chi connectivity index (χ3n) is 2.67. The molecule has 5 heteroatoms. The third kappa shape index (κ3) is 2.31. The second kappa shape index (κ2) is 4.47. The standard InChI is InChI=1S/C11H14BrNO2S/c1-11(2)7-15-4-3-13(11)10(14)9-5-8(12)6-16-9/h5-6H,3-4,7H2,1-2H3. The highest BCUT2D eigenvalue weighted by atomic mass is 79.9. The molecule has 3 nitrogen and oxygen atoms in total. The van der Waals surface area contributed by atoms with Crippen molar-refractivity contribution in [3.8, 4) is 0 Å². The SMILES string of the molecule is CC1(C)COCCN1C(=O)c1cc(Br)cs1. The quantitative estimate of drug-likeness (QED) is 0.798. The van der Waals surface area contributed by atoms with Crippen LogP contribution in [0.25, 0.3) is 0 Å². The number of nitrogens with zero attached hydrogens (tertiary/aromatic N) is 1. The molecule has 0 bridgehead atoms. The lowest BCUT2D eigenvalue weighted by molar-refractivity contribution is -0.0368. The Morgan fingerprint density at radius 1 is 1.62 bits per heavy atom. The van der Waals surface area contributed by atoms with Gasteiger partial charge in [0.1, 0.15) is 0 Å². The molecule has 16 heavy (non-hydrogen) atoms. The average Bonchev–Trinajstić information content (AvgIpc) is 2.63. The predicted octanol–water partition coefficient (Wildman–Crippen LogP) is 2.76. The molecule has 0 spiro atoms. The van der Waals surface area contributed by atoms with Crippen molar-refractivity contribution in [3.63, 3.8) is 0 Å². The minimum atomic E-state index is -0.216. The summed E-state index contributed by atoms with van der Waals surface area (Å²) in [5.41, 5.74) is -0.216. The zero-order chi connectivity index (χ0) is 11.8. The van der Waals surface area contributed by atoms with Crippen molar-refractivity contribution in [1.29, 1.82) is 0 Å². The van der Waals surface area contributed by atoms with Gasteiger partial charge in [-0.2, -0.15) is 0 Å². The van der Waals surface area contributed by atoms with Crippen LogP contribution >= 0.6 is 27.3 Å². The largest absolute Gasteiger partial charge is 0.377 e.